The molecule has 1 fully saturated rings. The van der Waals surface area contributed by atoms with Gasteiger partial charge in [-0.1, -0.05) is 24.3 Å². The van der Waals surface area contributed by atoms with Gasteiger partial charge in [-0.25, -0.2) is 0 Å². The highest BCUT2D eigenvalue weighted by Gasteiger charge is 2.21. The van der Waals surface area contributed by atoms with Crippen LogP contribution in [-0.4, -0.2) is 17.5 Å². The Balaban J connectivity index is 2.04. The molecule has 0 amide bonds. The highest BCUT2D eigenvalue weighted by atomic mass is 16.3. The number of ketones is 1. The molecule has 1 aromatic carbocycles. The molecule has 0 spiro atoms. The summed E-state index contributed by atoms with van der Waals surface area (Å²) in [5.41, 5.74) is 1.90. The first kappa shape index (κ1) is 9.41. The molecule has 0 aromatic heterocycles. The van der Waals surface area contributed by atoms with Crippen LogP contribution in [0.2, 0.25) is 0 Å². The molecule has 2 nitrogen and oxygen atoms in total. The summed E-state index contributed by atoms with van der Waals surface area (Å²) >= 11 is 0. The number of carbonyl (C=O) groups is 1. The fraction of sp³-hybridized carbons (Fsp3) is 0.417. The maximum atomic E-state index is 11.1. The van der Waals surface area contributed by atoms with E-state index >= 15 is 0 Å². The van der Waals surface area contributed by atoms with Crippen LogP contribution in [-0.2, 0) is 6.42 Å². The predicted molar refractivity (Wildman–Crippen MR) is 54.3 cm³/mol. The lowest BCUT2D eigenvalue weighted by atomic mass is 10.0. The van der Waals surface area contributed by atoms with Crippen molar-refractivity contribution in [1.82, 2.24) is 0 Å². The van der Waals surface area contributed by atoms with Gasteiger partial charge in [0.15, 0.2) is 5.78 Å². The van der Waals surface area contributed by atoms with Gasteiger partial charge in [0.2, 0.25) is 0 Å². The molecule has 1 aromatic rings. The summed E-state index contributed by atoms with van der Waals surface area (Å²) in [5, 5.41) is 8.66. The summed E-state index contributed by atoms with van der Waals surface area (Å²) in [5.74, 6) is 0.664. The third-order valence-corrected chi connectivity index (χ3v) is 2.64. The molecule has 2 heteroatoms. The van der Waals surface area contributed by atoms with Gasteiger partial charge in [-0.05, 0) is 30.7 Å². The molecule has 0 aliphatic heterocycles. The molecule has 1 aliphatic rings. The first-order chi connectivity index (χ1) is 6.79. The van der Waals surface area contributed by atoms with Crippen LogP contribution in [0.4, 0.5) is 0 Å². The van der Waals surface area contributed by atoms with E-state index in [2.05, 4.69) is 0 Å². The highest BCUT2D eigenvalue weighted by Crippen LogP contribution is 2.32. The molecule has 0 bridgehead atoms. The molecule has 0 heterocycles. The van der Waals surface area contributed by atoms with Gasteiger partial charge in [0, 0.05) is 5.56 Å². The minimum Gasteiger partial charge on any atom is -0.388 e. The Morgan fingerprint density at radius 3 is 2.43 bits per heavy atom. The number of aliphatic hydroxyl groups excluding tert-OH is 1. The van der Waals surface area contributed by atoms with E-state index in [9.17, 15) is 4.79 Å². The fourth-order valence-corrected chi connectivity index (χ4v) is 1.57. The zero-order valence-electron chi connectivity index (χ0n) is 8.07. The normalized spacial score (nSPS) is 15.5. The van der Waals surface area contributed by atoms with Crippen LogP contribution in [0, 0.1) is 5.92 Å². The number of hydrogen-bond acceptors (Lipinski definition) is 2. The van der Waals surface area contributed by atoms with Gasteiger partial charge in [-0.15, -0.1) is 0 Å². The molecule has 74 valence electrons. The number of rotatable bonds is 4. The Labute approximate surface area is 83.6 Å². The van der Waals surface area contributed by atoms with E-state index in [4.69, 9.17) is 5.11 Å². The Kier molecular flexibility index (Phi) is 2.64. The summed E-state index contributed by atoms with van der Waals surface area (Å²) in [4.78, 5) is 11.1. The molecule has 14 heavy (non-hydrogen) atoms. The highest BCUT2D eigenvalue weighted by molar-refractivity contribution is 5.96. The molecule has 1 aliphatic carbocycles. The summed E-state index contributed by atoms with van der Waals surface area (Å²) in [6, 6.07) is 7.58. The van der Waals surface area contributed by atoms with E-state index in [0.717, 1.165) is 12.3 Å². The number of aliphatic hydroxyl groups is 1. The first-order valence-corrected chi connectivity index (χ1v) is 5.02. The second-order valence-electron chi connectivity index (χ2n) is 3.93. The van der Waals surface area contributed by atoms with Gasteiger partial charge in [-0.3, -0.25) is 4.79 Å². The first-order valence-electron chi connectivity index (χ1n) is 5.02. The average molecular weight is 190 g/mol. The van der Waals surface area contributed by atoms with Gasteiger partial charge in [0.05, 0.1) is 0 Å². The SMILES string of the molecule is O=C(CO)c1ccc(CC2CC2)cc1. The molecule has 0 atom stereocenters. The molecule has 1 N–H and O–H groups in total. The molecular formula is C12H14O2. The zero-order chi connectivity index (χ0) is 9.97. The van der Waals surface area contributed by atoms with Crippen LogP contribution in [0.5, 0.6) is 0 Å². The van der Waals surface area contributed by atoms with Gasteiger partial charge in [-0.2, -0.15) is 0 Å². The Morgan fingerprint density at radius 1 is 1.29 bits per heavy atom. The predicted octanol–water partition coefficient (Wildman–Crippen LogP) is 1.81. The molecule has 0 saturated heterocycles. The quantitative estimate of drug-likeness (QED) is 0.735. The number of hydrogen-bond donors (Lipinski definition) is 1. The van der Waals surface area contributed by atoms with E-state index < -0.39 is 6.61 Å². The summed E-state index contributed by atoms with van der Waals surface area (Å²) in [6.45, 7) is -0.401. The van der Waals surface area contributed by atoms with Crippen molar-refractivity contribution in [1.29, 1.82) is 0 Å². The second kappa shape index (κ2) is 3.93. The zero-order valence-corrected chi connectivity index (χ0v) is 8.07. The molecule has 2 rings (SSSR count). The number of benzene rings is 1. The third-order valence-electron chi connectivity index (χ3n) is 2.64. The van der Waals surface area contributed by atoms with Gasteiger partial charge in [0.1, 0.15) is 6.61 Å². The van der Waals surface area contributed by atoms with Gasteiger partial charge < -0.3 is 5.11 Å². The minimum atomic E-state index is -0.401. The standard InChI is InChI=1S/C12H14O2/c13-8-12(14)11-5-3-10(4-6-11)7-9-1-2-9/h3-6,9,13H,1-2,7-8H2. The van der Waals surface area contributed by atoms with E-state index in [1.165, 1.54) is 18.4 Å². The van der Waals surface area contributed by atoms with E-state index in [1.807, 2.05) is 12.1 Å². The van der Waals surface area contributed by atoms with Gasteiger partial charge in [0.25, 0.3) is 0 Å². The largest absolute Gasteiger partial charge is 0.388 e. The van der Waals surface area contributed by atoms with Crippen LogP contribution >= 0.6 is 0 Å². The van der Waals surface area contributed by atoms with Crippen molar-refractivity contribution in [2.75, 3.05) is 6.61 Å². The van der Waals surface area contributed by atoms with Crippen molar-refractivity contribution in [3.63, 3.8) is 0 Å². The minimum absolute atomic E-state index is 0.206. The maximum Gasteiger partial charge on any atom is 0.188 e. The molecule has 0 unspecified atom stereocenters. The third kappa shape index (κ3) is 2.20. The second-order valence-corrected chi connectivity index (χ2v) is 3.93. The lowest BCUT2D eigenvalue weighted by Gasteiger charge is -2.01. The van der Waals surface area contributed by atoms with Crippen molar-refractivity contribution in [2.45, 2.75) is 19.3 Å². The van der Waals surface area contributed by atoms with E-state index in [-0.39, 0.29) is 5.78 Å². The molecular weight excluding hydrogens is 176 g/mol. The van der Waals surface area contributed by atoms with E-state index in [1.54, 1.807) is 12.1 Å². The average Bonchev–Trinajstić information content (AvgIpc) is 3.02. The number of Topliss-reactive ketones (excluding diaryl/α,β-unsaturated/α-hetero) is 1. The summed E-state index contributed by atoms with van der Waals surface area (Å²) in [7, 11) is 0. The Bertz CT molecular complexity index is 323. The Hall–Kier alpha value is -1.15. The van der Waals surface area contributed by atoms with Crippen LogP contribution < -0.4 is 0 Å². The van der Waals surface area contributed by atoms with Crippen molar-refractivity contribution >= 4 is 5.78 Å². The summed E-state index contributed by atoms with van der Waals surface area (Å²) in [6.07, 6.45) is 3.82. The smallest absolute Gasteiger partial charge is 0.188 e. The molecule has 1 saturated carbocycles. The monoisotopic (exact) mass is 190 g/mol. The lowest BCUT2D eigenvalue weighted by Crippen LogP contribution is -2.04. The summed E-state index contributed by atoms with van der Waals surface area (Å²) < 4.78 is 0. The van der Waals surface area contributed by atoms with Crippen LogP contribution in [0.3, 0.4) is 0 Å². The Morgan fingerprint density at radius 2 is 1.93 bits per heavy atom. The molecule has 0 radical (unpaired) electrons. The fourth-order valence-electron chi connectivity index (χ4n) is 1.57. The van der Waals surface area contributed by atoms with E-state index in [0.29, 0.717) is 5.56 Å². The topological polar surface area (TPSA) is 37.3 Å². The van der Waals surface area contributed by atoms with Crippen LogP contribution in [0.25, 0.3) is 0 Å². The van der Waals surface area contributed by atoms with Crippen molar-refractivity contribution in [3.05, 3.63) is 35.4 Å². The maximum absolute atomic E-state index is 11.1. The van der Waals surface area contributed by atoms with Gasteiger partial charge >= 0.3 is 0 Å². The van der Waals surface area contributed by atoms with Crippen molar-refractivity contribution in [2.24, 2.45) is 5.92 Å². The van der Waals surface area contributed by atoms with Crippen LogP contribution in [0.1, 0.15) is 28.8 Å². The number of carbonyl (C=O) groups excluding carboxylic acids is 1. The van der Waals surface area contributed by atoms with Crippen LogP contribution in [0.15, 0.2) is 24.3 Å². The van der Waals surface area contributed by atoms with Crippen molar-refractivity contribution in [3.8, 4) is 0 Å². The lowest BCUT2D eigenvalue weighted by molar-refractivity contribution is 0.0904. The van der Waals surface area contributed by atoms with Crippen molar-refractivity contribution < 1.29 is 9.90 Å².